The molecule has 0 spiro atoms. The van der Waals surface area contributed by atoms with E-state index in [2.05, 4.69) is 54.2 Å². The molecule has 0 saturated carbocycles. The van der Waals surface area contributed by atoms with Crippen LogP contribution in [0.15, 0.2) is 71.6 Å². The lowest BCUT2D eigenvalue weighted by Crippen LogP contribution is -2.30. The highest BCUT2D eigenvalue weighted by molar-refractivity contribution is 7.92. The molecule has 2 N–H and O–H groups in total. The van der Waals surface area contributed by atoms with Crippen molar-refractivity contribution in [1.82, 2.24) is 0 Å². The number of fused-ring (bicyclic) bond motifs is 3. The summed E-state index contributed by atoms with van der Waals surface area (Å²) >= 11 is 6.08. The van der Waals surface area contributed by atoms with Crippen molar-refractivity contribution in [3.05, 3.63) is 94.0 Å². The summed E-state index contributed by atoms with van der Waals surface area (Å²) in [5.41, 5.74) is 6.07. The molecule has 3 atom stereocenters. The third-order valence-corrected chi connectivity index (χ3v) is 8.42. The van der Waals surface area contributed by atoms with Gasteiger partial charge < -0.3 is 10.1 Å². The molecule has 1 heterocycles. The van der Waals surface area contributed by atoms with E-state index >= 15 is 0 Å². The maximum atomic E-state index is 13.3. The predicted molar refractivity (Wildman–Crippen MR) is 138 cm³/mol. The van der Waals surface area contributed by atoms with Gasteiger partial charge in [-0.2, -0.15) is 0 Å². The van der Waals surface area contributed by atoms with Crippen molar-refractivity contribution < 1.29 is 13.2 Å². The Balaban J connectivity index is 1.51. The molecule has 1 aliphatic heterocycles. The SMILES string of the molecule is COc1ccc(Cl)cc1NS(=O)(=O)c1ccc2c(c1)[C@H]1C=CC[C@H]1[C@@H](c1cc(C)ccc1C)N2. The van der Waals surface area contributed by atoms with Crippen molar-refractivity contribution in [3.8, 4) is 5.75 Å². The Hall–Kier alpha value is -2.96. The van der Waals surface area contributed by atoms with Crippen molar-refractivity contribution in [3.63, 3.8) is 0 Å². The topological polar surface area (TPSA) is 67.4 Å². The third-order valence-electron chi connectivity index (χ3n) is 6.82. The molecule has 0 radical (unpaired) electrons. The second kappa shape index (κ2) is 8.67. The number of aryl methyl sites for hydroxylation is 2. The maximum absolute atomic E-state index is 13.3. The molecule has 0 aromatic heterocycles. The Labute approximate surface area is 205 Å². The fraction of sp³-hybridized carbons (Fsp3) is 0.259. The van der Waals surface area contributed by atoms with E-state index in [1.54, 1.807) is 30.3 Å². The maximum Gasteiger partial charge on any atom is 0.262 e. The minimum absolute atomic E-state index is 0.150. The Kier molecular flexibility index (Phi) is 5.82. The van der Waals surface area contributed by atoms with Crippen molar-refractivity contribution in [2.24, 2.45) is 5.92 Å². The molecule has 0 bridgehead atoms. The lowest BCUT2D eigenvalue weighted by Gasteiger charge is -2.38. The highest BCUT2D eigenvalue weighted by atomic mass is 35.5. The minimum Gasteiger partial charge on any atom is -0.495 e. The number of ether oxygens (including phenoxy) is 1. The molecular weight excluding hydrogens is 468 g/mol. The highest BCUT2D eigenvalue weighted by Crippen LogP contribution is 2.50. The summed E-state index contributed by atoms with van der Waals surface area (Å²) < 4.78 is 34.5. The first-order valence-electron chi connectivity index (χ1n) is 11.3. The number of sulfonamides is 1. The van der Waals surface area contributed by atoms with E-state index in [0.29, 0.717) is 22.4 Å². The van der Waals surface area contributed by atoms with Crippen LogP contribution in [-0.4, -0.2) is 15.5 Å². The second-order valence-electron chi connectivity index (χ2n) is 9.03. The van der Waals surface area contributed by atoms with Gasteiger partial charge in [-0.05, 0) is 79.3 Å². The van der Waals surface area contributed by atoms with Crippen molar-refractivity contribution in [2.75, 3.05) is 17.1 Å². The van der Waals surface area contributed by atoms with Gasteiger partial charge in [-0.15, -0.1) is 0 Å². The highest BCUT2D eigenvalue weighted by Gasteiger charge is 2.39. The van der Waals surface area contributed by atoms with Crippen molar-refractivity contribution in [2.45, 2.75) is 37.1 Å². The van der Waals surface area contributed by atoms with Gasteiger partial charge in [-0.3, -0.25) is 4.72 Å². The van der Waals surface area contributed by atoms with Gasteiger partial charge in [0.2, 0.25) is 0 Å². The first kappa shape index (κ1) is 22.8. The van der Waals surface area contributed by atoms with Gasteiger partial charge in [0.15, 0.2) is 0 Å². The summed E-state index contributed by atoms with van der Waals surface area (Å²) in [4.78, 5) is 0.208. The van der Waals surface area contributed by atoms with Gasteiger partial charge in [0, 0.05) is 16.6 Å². The Bertz CT molecular complexity index is 1400. The van der Waals surface area contributed by atoms with Crippen LogP contribution in [0.25, 0.3) is 0 Å². The number of benzene rings is 3. The number of halogens is 1. The zero-order chi connectivity index (χ0) is 24.0. The average molecular weight is 495 g/mol. The van der Waals surface area contributed by atoms with Crippen LogP contribution in [0.5, 0.6) is 5.75 Å². The number of nitrogens with one attached hydrogen (secondary N) is 2. The summed E-state index contributed by atoms with van der Waals surface area (Å²) in [5.74, 6) is 0.881. The molecule has 0 fully saturated rings. The smallest absolute Gasteiger partial charge is 0.262 e. The predicted octanol–water partition coefficient (Wildman–Crippen LogP) is 6.59. The zero-order valence-electron chi connectivity index (χ0n) is 19.3. The molecule has 2 aliphatic rings. The third kappa shape index (κ3) is 4.05. The molecule has 34 heavy (non-hydrogen) atoms. The molecular formula is C27H27ClN2O3S. The van der Waals surface area contributed by atoms with Gasteiger partial charge >= 0.3 is 0 Å². The van der Waals surface area contributed by atoms with Gasteiger partial charge in [-0.25, -0.2) is 8.42 Å². The van der Waals surface area contributed by atoms with Gasteiger partial charge in [0.1, 0.15) is 5.75 Å². The van der Waals surface area contributed by atoms with Crippen LogP contribution in [0.2, 0.25) is 5.02 Å². The van der Waals surface area contributed by atoms with E-state index in [1.165, 1.54) is 23.8 Å². The van der Waals surface area contributed by atoms with Crippen LogP contribution in [0.1, 0.15) is 40.6 Å². The number of hydrogen-bond acceptors (Lipinski definition) is 4. The van der Waals surface area contributed by atoms with E-state index < -0.39 is 10.0 Å². The quantitative estimate of drug-likeness (QED) is 0.392. The average Bonchev–Trinajstić information content (AvgIpc) is 3.30. The lowest BCUT2D eigenvalue weighted by molar-refractivity contribution is 0.417. The first-order valence-corrected chi connectivity index (χ1v) is 13.1. The summed E-state index contributed by atoms with van der Waals surface area (Å²) in [6.45, 7) is 4.26. The molecule has 3 aromatic rings. The number of hydrogen-bond donors (Lipinski definition) is 2. The van der Waals surface area contributed by atoms with E-state index in [-0.39, 0.29) is 16.9 Å². The fourth-order valence-electron chi connectivity index (χ4n) is 5.11. The Morgan fingerprint density at radius 2 is 1.85 bits per heavy atom. The molecule has 0 saturated heterocycles. The number of anilines is 2. The van der Waals surface area contributed by atoms with Crippen LogP contribution in [0, 0.1) is 19.8 Å². The molecule has 7 heteroatoms. The summed E-state index contributed by atoms with van der Waals surface area (Å²) in [6, 6.07) is 16.9. The van der Waals surface area contributed by atoms with Gasteiger partial charge in [0.25, 0.3) is 10.0 Å². The van der Waals surface area contributed by atoms with Crippen LogP contribution in [-0.2, 0) is 10.0 Å². The molecule has 0 amide bonds. The molecule has 0 unspecified atom stereocenters. The standard InChI is InChI=1S/C27H27ClN2O3S/c1-16-7-8-17(2)22(13-16)27-21-6-4-5-20(21)23-15-19(10-11-24(23)29-27)34(31,32)30-25-14-18(28)9-12-26(25)33-3/h4-5,7-15,20-21,27,29-30H,6H2,1-3H3/t20-,21+,27-/m0/s1. The van der Waals surface area contributed by atoms with Gasteiger partial charge in [-0.1, -0.05) is 47.5 Å². The van der Waals surface area contributed by atoms with E-state index in [1.807, 2.05) is 6.07 Å². The Morgan fingerprint density at radius 1 is 1.03 bits per heavy atom. The van der Waals surface area contributed by atoms with Crippen molar-refractivity contribution in [1.29, 1.82) is 0 Å². The summed E-state index contributed by atoms with van der Waals surface area (Å²) in [6.07, 6.45) is 5.37. The minimum atomic E-state index is -3.84. The monoisotopic (exact) mass is 494 g/mol. The number of methoxy groups -OCH3 is 1. The van der Waals surface area contributed by atoms with Gasteiger partial charge in [0.05, 0.1) is 23.7 Å². The van der Waals surface area contributed by atoms with E-state index in [9.17, 15) is 8.42 Å². The molecule has 5 nitrogen and oxygen atoms in total. The van der Waals surface area contributed by atoms with E-state index in [4.69, 9.17) is 16.3 Å². The van der Waals surface area contributed by atoms with E-state index in [0.717, 1.165) is 17.7 Å². The first-order chi connectivity index (χ1) is 16.3. The number of rotatable bonds is 5. The molecule has 176 valence electrons. The number of allylic oxidation sites excluding steroid dienone is 2. The van der Waals surface area contributed by atoms with Crippen LogP contribution in [0.4, 0.5) is 11.4 Å². The summed E-state index contributed by atoms with van der Waals surface area (Å²) in [5, 5.41) is 4.14. The largest absolute Gasteiger partial charge is 0.495 e. The van der Waals surface area contributed by atoms with Crippen LogP contribution < -0.4 is 14.8 Å². The molecule has 1 aliphatic carbocycles. The molecule has 3 aromatic carbocycles. The molecule has 5 rings (SSSR count). The van der Waals surface area contributed by atoms with Crippen LogP contribution >= 0.6 is 11.6 Å². The Morgan fingerprint density at radius 3 is 2.65 bits per heavy atom. The summed E-state index contributed by atoms with van der Waals surface area (Å²) in [7, 11) is -2.35. The fourth-order valence-corrected chi connectivity index (χ4v) is 6.37. The second-order valence-corrected chi connectivity index (χ2v) is 11.2. The van der Waals surface area contributed by atoms with Crippen molar-refractivity contribution >= 4 is 33.0 Å². The lowest BCUT2D eigenvalue weighted by atomic mass is 9.76. The van der Waals surface area contributed by atoms with Crippen LogP contribution in [0.3, 0.4) is 0 Å². The zero-order valence-corrected chi connectivity index (χ0v) is 20.9. The normalized spacial score (nSPS) is 20.9.